The third-order valence-corrected chi connectivity index (χ3v) is 6.69. The van der Waals surface area contributed by atoms with Crippen LogP contribution in [0.2, 0.25) is 0 Å². The molecule has 2 N–H and O–H groups in total. The third kappa shape index (κ3) is 3.01. The van der Waals surface area contributed by atoms with Gasteiger partial charge in [-0.25, -0.2) is 8.42 Å². The molecule has 1 heterocycles. The maximum atomic E-state index is 13.0. The van der Waals surface area contributed by atoms with E-state index in [9.17, 15) is 8.42 Å². The summed E-state index contributed by atoms with van der Waals surface area (Å²) in [6.07, 6.45) is 5.66. The fourth-order valence-electron chi connectivity index (χ4n) is 3.90. The van der Waals surface area contributed by atoms with Crippen molar-refractivity contribution < 1.29 is 8.42 Å². The van der Waals surface area contributed by atoms with E-state index in [1.807, 2.05) is 44.2 Å². The molecule has 0 bridgehead atoms. The van der Waals surface area contributed by atoms with E-state index in [4.69, 9.17) is 0 Å². The fraction of sp³-hybridized carbons (Fsp3) is 0.333. The van der Waals surface area contributed by atoms with Crippen molar-refractivity contribution in [2.75, 3.05) is 4.72 Å². The van der Waals surface area contributed by atoms with Gasteiger partial charge in [-0.2, -0.15) is 0 Å². The zero-order chi connectivity index (χ0) is 18.3. The van der Waals surface area contributed by atoms with E-state index in [0.717, 1.165) is 41.3 Å². The first-order valence-electron chi connectivity index (χ1n) is 9.18. The molecule has 3 aromatic rings. The minimum atomic E-state index is -3.63. The van der Waals surface area contributed by atoms with E-state index in [0.29, 0.717) is 10.6 Å². The Hall–Kier alpha value is -2.27. The van der Waals surface area contributed by atoms with Gasteiger partial charge >= 0.3 is 0 Å². The van der Waals surface area contributed by atoms with Gasteiger partial charge in [-0.3, -0.25) is 4.72 Å². The van der Waals surface area contributed by atoms with Crippen LogP contribution in [0.25, 0.3) is 10.9 Å². The number of sulfonamides is 1. The number of rotatable bonds is 3. The second-order valence-electron chi connectivity index (χ2n) is 7.22. The number of anilines is 1. The van der Waals surface area contributed by atoms with Gasteiger partial charge < -0.3 is 4.98 Å². The Morgan fingerprint density at radius 1 is 0.962 bits per heavy atom. The number of benzene rings is 2. The highest BCUT2D eigenvalue weighted by atomic mass is 32.2. The van der Waals surface area contributed by atoms with Gasteiger partial charge in [-0.15, -0.1) is 0 Å². The average molecular weight is 369 g/mol. The summed E-state index contributed by atoms with van der Waals surface area (Å²) in [6.45, 7) is 3.83. The van der Waals surface area contributed by atoms with E-state index < -0.39 is 10.0 Å². The number of aromatic amines is 1. The van der Waals surface area contributed by atoms with Crippen molar-refractivity contribution in [3.8, 4) is 0 Å². The van der Waals surface area contributed by atoms with E-state index in [1.54, 1.807) is 6.07 Å². The van der Waals surface area contributed by atoms with Gasteiger partial charge in [0.15, 0.2) is 0 Å². The minimum Gasteiger partial charge on any atom is -0.358 e. The van der Waals surface area contributed by atoms with Crippen LogP contribution in [-0.4, -0.2) is 13.4 Å². The van der Waals surface area contributed by atoms with Crippen molar-refractivity contribution in [3.63, 3.8) is 0 Å². The third-order valence-electron chi connectivity index (χ3n) is 5.35. The fourth-order valence-corrected chi connectivity index (χ4v) is 5.13. The zero-order valence-electron chi connectivity index (χ0n) is 15.2. The molecule has 0 atom stereocenters. The highest BCUT2D eigenvalue weighted by molar-refractivity contribution is 7.92. The Morgan fingerprint density at radius 2 is 1.69 bits per heavy atom. The molecule has 0 aliphatic heterocycles. The Kier molecular flexibility index (Phi) is 4.27. The average Bonchev–Trinajstić information content (AvgIpc) is 2.78. The summed E-state index contributed by atoms with van der Waals surface area (Å²) in [5.41, 5.74) is 6.11. The Bertz CT molecular complexity index is 1060. The summed E-state index contributed by atoms with van der Waals surface area (Å²) in [5.74, 6) is 0. The normalized spacial score (nSPS) is 14.8. The molecule has 26 heavy (non-hydrogen) atoms. The molecule has 0 amide bonds. The van der Waals surface area contributed by atoms with E-state index >= 15 is 0 Å². The first kappa shape index (κ1) is 17.2. The molecule has 0 saturated carbocycles. The van der Waals surface area contributed by atoms with Gasteiger partial charge in [-0.05, 0) is 74.4 Å². The van der Waals surface area contributed by atoms with E-state index in [1.165, 1.54) is 24.1 Å². The lowest BCUT2D eigenvalue weighted by atomic mass is 10.1. The lowest BCUT2D eigenvalue weighted by molar-refractivity contribution is 0.601. The largest absolute Gasteiger partial charge is 0.358 e. The smallest absolute Gasteiger partial charge is 0.261 e. The van der Waals surface area contributed by atoms with Crippen molar-refractivity contribution >= 4 is 26.6 Å². The molecular formula is C21H24N2O2S. The predicted molar refractivity (Wildman–Crippen MR) is 106 cm³/mol. The summed E-state index contributed by atoms with van der Waals surface area (Å²) in [6, 6.07) is 11.2. The summed E-state index contributed by atoms with van der Waals surface area (Å²) >= 11 is 0. The van der Waals surface area contributed by atoms with Crippen LogP contribution in [-0.2, 0) is 22.9 Å². The predicted octanol–water partition coefficient (Wildman–Crippen LogP) is 4.85. The summed E-state index contributed by atoms with van der Waals surface area (Å²) in [7, 11) is -3.63. The van der Waals surface area contributed by atoms with Gasteiger partial charge in [-0.1, -0.05) is 24.6 Å². The monoisotopic (exact) mass is 368 g/mol. The number of aryl methyl sites for hydroxylation is 4. The second kappa shape index (κ2) is 6.47. The number of aromatic nitrogens is 1. The summed E-state index contributed by atoms with van der Waals surface area (Å²) in [5, 5.41) is 1.05. The van der Waals surface area contributed by atoms with Crippen molar-refractivity contribution in [1.82, 2.24) is 4.98 Å². The number of fused-ring (bicyclic) bond motifs is 3. The van der Waals surface area contributed by atoms with Crippen molar-refractivity contribution in [2.24, 2.45) is 0 Å². The van der Waals surface area contributed by atoms with Crippen LogP contribution in [0.4, 0.5) is 5.69 Å². The highest BCUT2D eigenvalue weighted by Crippen LogP contribution is 2.31. The Labute approximate surface area is 154 Å². The van der Waals surface area contributed by atoms with Crippen LogP contribution < -0.4 is 4.72 Å². The minimum absolute atomic E-state index is 0.318. The standard InChI is InChI=1S/C21H24N2O2S/c1-14-7-6-8-15(2)21(14)23-26(24,25)16-11-12-20-18(13-16)17-9-4-3-5-10-19(17)22-20/h6-8,11-13,22-23H,3-5,9-10H2,1-2H3. The van der Waals surface area contributed by atoms with Crippen LogP contribution in [0, 0.1) is 13.8 Å². The van der Waals surface area contributed by atoms with E-state index in [2.05, 4.69) is 9.71 Å². The van der Waals surface area contributed by atoms with Crippen molar-refractivity contribution in [1.29, 1.82) is 0 Å². The van der Waals surface area contributed by atoms with Gasteiger partial charge in [0.2, 0.25) is 0 Å². The molecule has 1 aliphatic carbocycles. The first-order valence-corrected chi connectivity index (χ1v) is 10.7. The molecular weight excluding hydrogens is 344 g/mol. The number of para-hydroxylation sites is 1. The molecule has 1 aromatic heterocycles. The molecule has 0 fully saturated rings. The SMILES string of the molecule is Cc1cccc(C)c1NS(=O)(=O)c1ccc2[nH]c3c(c2c1)CCCCC3. The molecule has 1 aliphatic rings. The van der Waals surface area contributed by atoms with Gasteiger partial charge in [0.05, 0.1) is 10.6 Å². The molecule has 0 radical (unpaired) electrons. The summed E-state index contributed by atoms with van der Waals surface area (Å²) < 4.78 is 28.8. The molecule has 2 aromatic carbocycles. The number of hydrogen-bond donors (Lipinski definition) is 2. The molecule has 5 heteroatoms. The Balaban J connectivity index is 1.77. The lowest BCUT2D eigenvalue weighted by Crippen LogP contribution is -2.14. The number of H-pyrrole nitrogens is 1. The van der Waals surface area contributed by atoms with Crippen LogP contribution in [0.1, 0.15) is 41.6 Å². The van der Waals surface area contributed by atoms with Crippen molar-refractivity contribution in [3.05, 3.63) is 58.8 Å². The highest BCUT2D eigenvalue weighted by Gasteiger charge is 2.20. The van der Waals surface area contributed by atoms with Gasteiger partial charge in [0, 0.05) is 16.6 Å². The Morgan fingerprint density at radius 3 is 2.46 bits per heavy atom. The quantitative estimate of drug-likeness (QED) is 0.649. The van der Waals surface area contributed by atoms with Crippen LogP contribution in [0.15, 0.2) is 41.3 Å². The van der Waals surface area contributed by atoms with E-state index in [-0.39, 0.29) is 0 Å². The molecule has 0 saturated heterocycles. The molecule has 4 nitrogen and oxygen atoms in total. The van der Waals surface area contributed by atoms with Crippen molar-refractivity contribution in [2.45, 2.75) is 50.8 Å². The van der Waals surface area contributed by atoms with Gasteiger partial charge in [0.25, 0.3) is 10.0 Å². The lowest BCUT2D eigenvalue weighted by Gasteiger charge is -2.13. The number of hydrogen-bond acceptors (Lipinski definition) is 2. The summed E-state index contributed by atoms with van der Waals surface area (Å²) in [4.78, 5) is 3.81. The topological polar surface area (TPSA) is 62.0 Å². The molecule has 0 unspecified atom stereocenters. The molecule has 136 valence electrons. The van der Waals surface area contributed by atoms with Crippen LogP contribution in [0.5, 0.6) is 0 Å². The maximum Gasteiger partial charge on any atom is 0.261 e. The van der Waals surface area contributed by atoms with Crippen LogP contribution in [0.3, 0.4) is 0 Å². The second-order valence-corrected chi connectivity index (χ2v) is 8.90. The maximum absolute atomic E-state index is 13.0. The van der Waals surface area contributed by atoms with Crippen LogP contribution >= 0.6 is 0 Å². The van der Waals surface area contributed by atoms with Gasteiger partial charge in [0.1, 0.15) is 0 Å². The zero-order valence-corrected chi connectivity index (χ0v) is 16.0. The first-order chi connectivity index (χ1) is 12.5. The molecule has 4 rings (SSSR count). The molecule has 0 spiro atoms. The number of nitrogens with one attached hydrogen (secondary N) is 2.